The second-order valence-corrected chi connectivity index (χ2v) is 9.49. The molecule has 0 spiro atoms. The van der Waals surface area contributed by atoms with Gasteiger partial charge < -0.3 is 14.5 Å². The van der Waals surface area contributed by atoms with Gasteiger partial charge in [-0.3, -0.25) is 9.69 Å². The lowest BCUT2D eigenvalue weighted by Gasteiger charge is -2.35. The number of carbonyl (C=O) groups excluding carboxylic acids is 1. The highest BCUT2D eigenvalue weighted by atomic mass is 32.2. The van der Waals surface area contributed by atoms with Crippen LogP contribution < -0.4 is 5.32 Å². The molecule has 180 valence electrons. The molecule has 1 amide bonds. The van der Waals surface area contributed by atoms with Crippen LogP contribution in [0.4, 0.5) is 4.39 Å². The maximum atomic E-state index is 13.5. The molecule has 1 aliphatic rings. The molecule has 5 rings (SSSR count). The number of pyridine rings is 1. The summed E-state index contributed by atoms with van der Waals surface area (Å²) in [5.74, 6) is 0.367. The van der Waals surface area contributed by atoms with Crippen LogP contribution in [0.5, 0.6) is 0 Å². The Morgan fingerprint density at radius 2 is 1.83 bits per heavy atom. The first-order valence-corrected chi connectivity index (χ1v) is 12.7. The van der Waals surface area contributed by atoms with Crippen molar-refractivity contribution in [1.29, 1.82) is 0 Å². The highest BCUT2D eigenvalue weighted by Crippen LogP contribution is 2.24. The van der Waals surface area contributed by atoms with E-state index in [1.807, 2.05) is 59.3 Å². The first-order chi connectivity index (χ1) is 17.2. The lowest BCUT2D eigenvalue weighted by atomic mass is 10.0. The van der Waals surface area contributed by atoms with Crippen LogP contribution >= 0.6 is 11.8 Å². The Labute approximate surface area is 208 Å². The summed E-state index contributed by atoms with van der Waals surface area (Å²) in [5, 5.41) is 3.07. The van der Waals surface area contributed by atoms with Crippen molar-refractivity contribution < 1.29 is 13.9 Å². The van der Waals surface area contributed by atoms with E-state index in [1.165, 1.54) is 12.1 Å². The summed E-state index contributed by atoms with van der Waals surface area (Å²) in [4.78, 5) is 20.9. The maximum Gasteiger partial charge on any atom is 0.251 e. The summed E-state index contributed by atoms with van der Waals surface area (Å²) in [5.41, 5.74) is 3.54. The van der Waals surface area contributed by atoms with Crippen LogP contribution in [-0.2, 0) is 10.5 Å². The molecule has 0 aliphatic carbocycles. The Morgan fingerprint density at radius 1 is 1.06 bits per heavy atom. The number of benzene rings is 2. The van der Waals surface area contributed by atoms with Crippen molar-refractivity contribution in [1.82, 2.24) is 19.6 Å². The van der Waals surface area contributed by atoms with E-state index < -0.39 is 0 Å². The number of amides is 1. The predicted molar refractivity (Wildman–Crippen MR) is 135 cm³/mol. The normalized spacial score (nSPS) is 15.2. The molecular weight excluding hydrogens is 463 g/mol. The molecular formula is C27H27FN4O2S. The highest BCUT2D eigenvalue weighted by molar-refractivity contribution is 7.98. The number of nitrogens with zero attached hydrogens (tertiary/aromatic N) is 3. The molecule has 0 bridgehead atoms. The minimum Gasteiger partial charge on any atom is -0.379 e. The number of halogens is 1. The SMILES string of the molecule is O=C(NCC(c1ccc(F)cc1)N1CCOCC1)c1ccc(SCc2cn3ccccc3n2)cc1. The van der Waals surface area contributed by atoms with Gasteiger partial charge in [-0.1, -0.05) is 18.2 Å². The number of ether oxygens (including phenoxy) is 1. The van der Waals surface area contributed by atoms with Crippen LogP contribution in [0.15, 0.2) is 84.0 Å². The average molecular weight is 491 g/mol. The Morgan fingerprint density at radius 3 is 2.57 bits per heavy atom. The topological polar surface area (TPSA) is 58.9 Å². The fourth-order valence-electron chi connectivity index (χ4n) is 4.24. The third kappa shape index (κ3) is 5.90. The molecule has 0 radical (unpaired) electrons. The average Bonchev–Trinajstić information content (AvgIpc) is 3.32. The van der Waals surface area contributed by atoms with Crippen LogP contribution in [0.25, 0.3) is 5.65 Å². The molecule has 2 aromatic carbocycles. The number of carbonyl (C=O) groups is 1. The van der Waals surface area contributed by atoms with Crippen LogP contribution in [-0.4, -0.2) is 53.0 Å². The smallest absolute Gasteiger partial charge is 0.251 e. The largest absolute Gasteiger partial charge is 0.379 e. The molecule has 1 saturated heterocycles. The molecule has 1 fully saturated rings. The first-order valence-electron chi connectivity index (χ1n) is 11.7. The lowest BCUT2D eigenvalue weighted by molar-refractivity contribution is 0.0162. The van der Waals surface area contributed by atoms with Crippen molar-refractivity contribution in [2.45, 2.75) is 16.7 Å². The van der Waals surface area contributed by atoms with Crippen LogP contribution in [0.3, 0.4) is 0 Å². The number of nitrogens with one attached hydrogen (secondary N) is 1. The maximum absolute atomic E-state index is 13.5. The van der Waals surface area contributed by atoms with Gasteiger partial charge in [-0.15, -0.1) is 11.8 Å². The van der Waals surface area contributed by atoms with E-state index in [4.69, 9.17) is 4.74 Å². The molecule has 35 heavy (non-hydrogen) atoms. The molecule has 1 N–H and O–H groups in total. The molecule has 0 saturated carbocycles. The van der Waals surface area contributed by atoms with Gasteiger partial charge in [-0.05, 0) is 54.1 Å². The van der Waals surface area contributed by atoms with Gasteiger partial charge in [-0.2, -0.15) is 0 Å². The Hall–Kier alpha value is -3.20. The van der Waals surface area contributed by atoms with E-state index in [0.717, 1.165) is 40.6 Å². The van der Waals surface area contributed by atoms with Gasteiger partial charge in [0.15, 0.2) is 0 Å². The Balaban J connectivity index is 1.19. The van der Waals surface area contributed by atoms with E-state index in [0.29, 0.717) is 25.3 Å². The number of hydrogen-bond acceptors (Lipinski definition) is 5. The van der Waals surface area contributed by atoms with Gasteiger partial charge in [0.2, 0.25) is 0 Å². The van der Waals surface area contributed by atoms with Crippen molar-refractivity contribution in [3.05, 3.63) is 102 Å². The summed E-state index contributed by atoms with van der Waals surface area (Å²) in [6.45, 7) is 3.29. The highest BCUT2D eigenvalue weighted by Gasteiger charge is 2.23. The molecule has 2 aromatic heterocycles. The van der Waals surface area contributed by atoms with Gasteiger partial charge in [0.25, 0.3) is 5.91 Å². The van der Waals surface area contributed by atoms with E-state index in [-0.39, 0.29) is 17.8 Å². The van der Waals surface area contributed by atoms with Crippen molar-refractivity contribution in [2.24, 2.45) is 0 Å². The second kappa shape index (κ2) is 11.0. The van der Waals surface area contributed by atoms with Gasteiger partial charge in [0.1, 0.15) is 11.5 Å². The van der Waals surface area contributed by atoms with Crippen molar-refractivity contribution >= 4 is 23.3 Å². The molecule has 8 heteroatoms. The van der Waals surface area contributed by atoms with Crippen LogP contribution in [0, 0.1) is 5.82 Å². The monoisotopic (exact) mass is 490 g/mol. The fourth-order valence-corrected chi connectivity index (χ4v) is 5.02. The minimum atomic E-state index is -0.266. The number of morpholine rings is 1. The second-order valence-electron chi connectivity index (χ2n) is 8.44. The van der Waals surface area contributed by atoms with Crippen LogP contribution in [0.2, 0.25) is 0 Å². The summed E-state index contributed by atoms with van der Waals surface area (Å²) in [6, 6.07) is 20.1. The lowest BCUT2D eigenvalue weighted by Crippen LogP contribution is -2.43. The van der Waals surface area contributed by atoms with Crippen molar-refractivity contribution in [3.8, 4) is 0 Å². The third-order valence-corrected chi connectivity index (χ3v) is 7.16. The van der Waals surface area contributed by atoms with E-state index >= 15 is 0 Å². The number of aromatic nitrogens is 2. The number of thioether (sulfide) groups is 1. The fraction of sp³-hybridized carbons (Fsp3) is 0.259. The standard InChI is InChI=1S/C27H27FN4O2S/c28-22-8-4-20(5-9-22)25(31-13-15-34-16-14-31)17-29-27(33)21-6-10-24(11-7-21)35-19-23-18-32-12-2-1-3-26(32)30-23/h1-12,18,25H,13-17,19H2,(H,29,33). The summed E-state index contributed by atoms with van der Waals surface area (Å²) >= 11 is 1.69. The summed E-state index contributed by atoms with van der Waals surface area (Å²) in [6.07, 6.45) is 4.03. The summed E-state index contributed by atoms with van der Waals surface area (Å²) < 4.78 is 20.9. The van der Waals surface area contributed by atoms with E-state index in [2.05, 4.69) is 15.2 Å². The van der Waals surface area contributed by atoms with E-state index in [1.54, 1.807) is 23.9 Å². The third-order valence-electron chi connectivity index (χ3n) is 6.11. The number of fused-ring (bicyclic) bond motifs is 1. The van der Waals surface area contributed by atoms with Crippen LogP contribution in [0.1, 0.15) is 27.7 Å². The van der Waals surface area contributed by atoms with Gasteiger partial charge in [0, 0.05) is 48.2 Å². The first kappa shape index (κ1) is 23.5. The molecule has 1 unspecified atom stereocenters. The van der Waals surface area contributed by atoms with Gasteiger partial charge in [0.05, 0.1) is 24.9 Å². The quantitative estimate of drug-likeness (QED) is 0.367. The van der Waals surface area contributed by atoms with Gasteiger partial charge >= 0.3 is 0 Å². The van der Waals surface area contributed by atoms with Crippen molar-refractivity contribution in [3.63, 3.8) is 0 Å². The molecule has 1 atom stereocenters. The number of hydrogen-bond donors (Lipinski definition) is 1. The Kier molecular flexibility index (Phi) is 7.42. The van der Waals surface area contributed by atoms with E-state index in [9.17, 15) is 9.18 Å². The van der Waals surface area contributed by atoms with Gasteiger partial charge in [-0.25, -0.2) is 9.37 Å². The molecule has 4 aromatic rings. The Bertz CT molecular complexity index is 1240. The zero-order valence-electron chi connectivity index (χ0n) is 19.3. The zero-order chi connectivity index (χ0) is 24.0. The van der Waals surface area contributed by atoms with Crippen molar-refractivity contribution in [2.75, 3.05) is 32.8 Å². The number of rotatable bonds is 8. The molecule has 1 aliphatic heterocycles. The molecule has 6 nitrogen and oxygen atoms in total. The molecule has 3 heterocycles. The predicted octanol–water partition coefficient (Wildman–Crippen LogP) is 4.57. The minimum absolute atomic E-state index is 0.0382. The summed E-state index contributed by atoms with van der Waals surface area (Å²) in [7, 11) is 0. The number of imidazole rings is 1. The zero-order valence-corrected chi connectivity index (χ0v) is 20.1.